The maximum atomic E-state index is 11.5. The van der Waals surface area contributed by atoms with Gasteiger partial charge in [-0.05, 0) is 13.0 Å². The number of pyridine rings is 1. The maximum absolute atomic E-state index is 11.5. The molecule has 1 aromatic heterocycles. The first kappa shape index (κ1) is 12.0. The molecule has 6 heteroatoms. The SMILES string of the molecule is CCOC(=O)CNC(=O)c1cncc(N)c1. The van der Waals surface area contributed by atoms with Crippen molar-refractivity contribution in [2.24, 2.45) is 0 Å². The first-order valence-corrected chi connectivity index (χ1v) is 4.78. The molecule has 0 atom stereocenters. The number of nitrogen functional groups attached to an aromatic ring is 1. The molecule has 0 saturated heterocycles. The molecule has 0 bridgehead atoms. The highest BCUT2D eigenvalue weighted by Gasteiger charge is 2.08. The van der Waals surface area contributed by atoms with Crippen molar-refractivity contribution in [3.63, 3.8) is 0 Å². The van der Waals surface area contributed by atoms with Gasteiger partial charge >= 0.3 is 5.97 Å². The summed E-state index contributed by atoms with van der Waals surface area (Å²) in [5.74, 6) is -0.888. The van der Waals surface area contributed by atoms with Gasteiger partial charge in [-0.1, -0.05) is 0 Å². The number of amides is 1. The highest BCUT2D eigenvalue weighted by atomic mass is 16.5. The summed E-state index contributed by atoms with van der Waals surface area (Å²) in [6, 6.07) is 1.48. The maximum Gasteiger partial charge on any atom is 0.325 e. The van der Waals surface area contributed by atoms with Crippen LogP contribution >= 0.6 is 0 Å². The van der Waals surface area contributed by atoms with E-state index in [4.69, 9.17) is 5.73 Å². The molecule has 86 valence electrons. The number of nitrogens with zero attached hydrogens (tertiary/aromatic N) is 1. The standard InChI is InChI=1S/C10H13N3O3/c1-2-16-9(14)6-13-10(15)7-3-8(11)5-12-4-7/h3-5H,2,6,11H2,1H3,(H,13,15). The second kappa shape index (κ2) is 5.69. The fourth-order valence-electron chi connectivity index (χ4n) is 1.05. The van der Waals surface area contributed by atoms with Gasteiger partial charge < -0.3 is 15.8 Å². The summed E-state index contributed by atoms with van der Waals surface area (Å²) >= 11 is 0. The van der Waals surface area contributed by atoms with Crippen molar-refractivity contribution >= 4 is 17.6 Å². The lowest BCUT2D eigenvalue weighted by molar-refractivity contribution is -0.141. The third-order valence-corrected chi connectivity index (χ3v) is 1.72. The van der Waals surface area contributed by atoms with Gasteiger partial charge in [0.2, 0.25) is 0 Å². The van der Waals surface area contributed by atoms with E-state index in [2.05, 4.69) is 15.0 Å². The van der Waals surface area contributed by atoms with Gasteiger partial charge in [-0.3, -0.25) is 14.6 Å². The molecule has 0 unspecified atom stereocenters. The first-order valence-electron chi connectivity index (χ1n) is 4.78. The fourth-order valence-corrected chi connectivity index (χ4v) is 1.05. The van der Waals surface area contributed by atoms with Crippen molar-refractivity contribution in [1.82, 2.24) is 10.3 Å². The second-order valence-corrected chi connectivity index (χ2v) is 2.99. The Kier molecular flexibility index (Phi) is 4.26. The lowest BCUT2D eigenvalue weighted by Gasteiger charge is -2.04. The Morgan fingerprint density at radius 1 is 1.50 bits per heavy atom. The van der Waals surface area contributed by atoms with Crippen LogP contribution in [-0.2, 0) is 9.53 Å². The summed E-state index contributed by atoms with van der Waals surface area (Å²) < 4.78 is 4.66. The van der Waals surface area contributed by atoms with E-state index >= 15 is 0 Å². The van der Waals surface area contributed by atoms with Crippen LogP contribution in [0.1, 0.15) is 17.3 Å². The van der Waals surface area contributed by atoms with Gasteiger partial charge in [0, 0.05) is 12.4 Å². The highest BCUT2D eigenvalue weighted by Crippen LogP contribution is 2.03. The molecule has 0 aliphatic rings. The molecule has 6 nitrogen and oxygen atoms in total. The van der Waals surface area contributed by atoms with Crippen LogP contribution in [0.5, 0.6) is 0 Å². The molecule has 0 aliphatic heterocycles. The van der Waals surface area contributed by atoms with Crippen LogP contribution in [0.2, 0.25) is 0 Å². The third-order valence-electron chi connectivity index (χ3n) is 1.72. The molecule has 0 aliphatic carbocycles. The number of aromatic nitrogens is 1. The lowest BCUT2D eigenvalue weighted by atomic mass is 10.2. The number of ether oxygens (including phenoxy) is 1. The van der Waals surface area contributed by atoms with Crippen molar-refractivity contribution in [3.8, 4) is 0 Å². The molecule has 0 fully saturated rings. The van der Waals surface area contributed by atoms with Crippen LogP contribution in [-0.4, -0.2) is 30.0 Å². The molecule has 3 N–H and O–H groups in total. The molecule has 1 heterocycles. The van der Waals surface area contributed by atoms with Gasteiger partial charge in [0.25, 0.3) is 5.91 Å². The van der Waals surface area contributed by atoms with Crippen LogP contribution in [0, 0.1) is 0 Å². The molecule has 0 aromatic carbocycles. The number of carbonyl (C=O) groups is 2. The average Bonchev–Trinajstić information content (AvgIpc) is 2.26. The zero-order valence-electron chi connectivity index (χ0n) is 8.90. The Balaban J connectivity index is 2.50. The molecule has 0 saturated carbocycles. The highest BCUT2D eigenvalue weighted by molar-refractivity contribution is 5.96. The molecule has 0 spiro atoms. The number of rotatable bonds is 4. The molecule has 1 aromatic rings. The van der Waals surface area contributed by atoms with E-state index in [0.717, 1.165) is 0 Å². The van der Waals surface area contributed by atoms with E-state index in [1.807, 2.05) is 0 Å². The van der Waals surface area contributed by atoms with Crippen molar-refractivity contribution in [2.75, 3.05) is 18.9 Å². The monoisotopic (exact) mass is 223 g/mol. The lowest BCUT2D eigenvalue weighted by Crippen LogP contribution is -2.30. The quantitative estimate of drug-likeness (QED) is 0.698. The Bertz CT molecular complexity index is 393. The van der Waals surface area contributed by atoms with Crippen molar-refractivity contribution in [1.29, 1.82) is 0 Å². The topological polar surface area (TPSA) is 94.3 Å². The average molecular weight is 223 g/mol. The zero-order chi connectivity index (χ0) is 12.0. The first-order chi connectivity index (χ1) is 7.63. The van der Waals surface area contributed by atoms with E-state index in [9.17, 15) is 9.59 Å². The third kappa shape index (κ3) is 3.56. The van der Waals surface area contributed by atoms with Gasteiger partial charge in [-0.25, -0.2) is 0 Å². The molecular formula is C10H13N3O3. The summed E-state index contributed by atoms with van der Waals surface area (Å²) in [5, 5.41) is 2.40. The number of nitrogens with one attached hydrogen (secondary N) is 1. The van der Waals surface area contributed by atoms with Crippen LogP contribution in [0.25, 0.3) is 0 Å². The minimum absolute atomic E-state index is 0.165. The second-order valence-electron chi connectivity index (χ2n) is 2.99. The van der Waals surface area contributed by atoms with Gasteiger partial charge in [0.15, 0.2) is 0 Å². The predicted octanol–water partition coefficient (Wildman–Crippen LogP) is -0.0433. The van der Waals surface area contributed by atoms with E-state index in [1.165, 1.54) is 18.5 Å². The normalized spacial score (nSPS) is 9.56. The smallest absolute Gasteiger partial charge is 0.325 e. The van der Waals surface area contributed by atoms with Gasteiger partial charge in [0.1, 0.15) is 6.54 Å². The van der Waals surface area contributed by atoms with Crippen molar-refractivity contribution in [2.45, 2.75) is 6.92 Å². The fraction of sp³-hybridized carbons (Fsp3) is 0.300. The predicted molar refractivity (Wildman–Crippen MR) is 57.6 cm³/mol. The Morgan fingerprint density at radius 3 is 2.88 bits per heavy atom. The van der Waals surface area contributed by atoms with E-state index in [0.29, 0.717) is 11.3 Å². The summed E-state index contributed by atoms with van der Waals surface area (Å²) in [6.45, 7) is 1.82. The van der Waals surface area contributed by atoms with Crippen LogP contribution in [0.4, 0.5) is 5.69 Å². The van der Waals surface area contributed by atoms with Gasteiger partial charge in [-0.2, -0.15) is 0 Å². The number of carbonyl (C=O) groups excluding carboxylic acids is 2. The van der Waals surface area contributed by atoms with Gasteiger partial charge in [0.05, 0.1) is 17.9 Å². The number of anilines is 1. The number of hydrogen-bond acceptors (Lipinski definition) is 5. The zero-order valence-corrected chi connectivity index (χ0v) is 8.90. The number of nitrogens with two attached hydrogens (primary N) is 1. The summed E-state index contributed by atoms with van der Waals surface area (Å²) in [4.78, 5) is 26.2. The van der Waals surface area contributed by atoms with Crippen molar-refractivity contribution in [3.05, 3.63) is 24.0 Å². The Hall–Kier alpha value is -2.11. The minimum atomic E-state index is -0.479. The summed E-state index contributed by atoms with van der Waals surface area (Å²) in [6.07, 6.45) is 2.80. The van der Waals surface area contributed by atoms with Crippen LogP contribution < -0.4 is 11.1 Å². The molecule has 0 radical (unpaired) electrons. The largest absolute Gasteiger partial charge is 0.465 e. The van der Waals surface area contributed by atoms with E-state index < -0.39 is 11.9 Å². The van der Waals surface area contributed by atoms with E-state index in [-0.39, 0.29) is 13.2 Å². The van der Waals surface area contributed by atoms with Crippen molar-refractivity contribution < 1.29 is 14.3 Å². The Labute approximate surface area is 92.8 Å². The molecule has 16 heavy (non-hydrogen) atoms. The Morgan fingerprint density at radius 2 is 2.25 bits per heavy atom. The van der Waals surface area contributed by atoms with Gasteiger partial charge in [-0.15, -0.1) is 0 Å². The minimum Gasteiger partial charge on any atom is -0.465 e. The number of esters is 1. The molecular weight excluding hydrogens is 210 g/mol. The molecule has 1 rings (SSSR count). The summed E-state index contributed by atoms with van der Waals surface area (Å²) in [5.41, 5.74) is 6.17. The van der Waals surface area contributed by atoms with E-state index in [1.54, 1.807) is 6.92 Å². The van der Waals surface area contributed by atoms with Crippen LogP contribution in [0.15, 0.2) is 18.5 Å². The summed E-state index contributed by atoms with van der Waals surface area (Å²) in [7, 11) is 0. The van der Waals surface area contributed by atoms with Crippen LogP contribution in [0.3, 0.4) is 0 Å². The number of hydrogen-bond donors (Lipinski definition) is 2. The molecule has 1 amide bonds.